The molecule has 2 aromatic heterocycles. The molecule has 0 unspecified atom stereocenters. The molecule has 0 radical (unpaired) electrons. The fourth-order valence-corrected chi connectivity index (χ4v) is 5.52. The van der Waals surface area contributed by atoms with Crippen molar-refractivity contribution in [1.82, 2.24) is 0 Å². The topological polar surface area (TPSA) is 26.3 Å². The van der Waals surface area contributed by atoms with Gasteiger partial charge in [-0.05, 0) is 69.1 Å². The van der Waals surface area contributed by atoms with E-state index in [0.717, 1.165) is 43.9 Å². The second-order valence-electron chi connectivity index (χ2n) is 8.92. The Kier molecular flexibility index (Phi) is 3.42. The van der Waals surface area contributed by atoms with Crippen molar-refractivity contribution < 1.29 is 8.83 Å². The molecule has 0 aliphatic carbocycles. The Hall–Kier alpha value is -4.56. The van der Waals surface area contributed by atoms with E-state index >= 15 is 0 Å². The van der Waals surface area contributed by atoms with Crippen LogP contribution in [0.3, 0.4) is 0 Å². The molecule has 0 saturated carbocycles. The molecule has 2 heterocycles. The van der Waals surface area contributed by atoms with Crippen molar-refractivity contribution in [2.45, 2.75) is 0 Å². The summed E-state index contributed by atoms with van der Waals surface area (Å²) in [4.78, 5) is 0. The molecule has 6 aromatic carbocycles. The molecule has 8 rings (SSSR count). The summed E-state index contributed by atoms with van der Waals surface area (Å²) >= 11 is 0. The highest BCUT2D eigenvalue weighted by Gasteiger charge is 2.17. The second-order valence-corrected chi connectivity index (χ2v) is 8.92. The molecule has 0 amide bonds. The van der Waals surface area contributed by atoms with Crippen molar-refractivity contribution in [2.75, 3.05) is 0 Å². The molecule has 0 aliphatic rings. The Morgan fingerprint density at radius 2 is 1.06 bits per heavy atom. The number of fused-ring (bicyclic) bond motifs is 9. The van der Waals surface area contributed by atoms with Gasteiger partial charge in [-0.25, -0.2) is 0 Å². The van der Waals surface area contributed by atoms with E-state index in [2.05, 4.69) is 91.0 Å². The van der Waals surface area contributed by atoms with Crippen LogP contribution in [0.25, 0.3) is 76.5 Å². The Labute approximate surface area is 194 Å². The minimum absolute atomic E-state index is 0.855. The van der Waals surface area contributed by atoms with Gasteiger partial charge in [0.15, 0.2) is 0 Å². The largest absolute Gasteiger partial charge is 0.456 e. The van der Waals surface area contributed by atoms with Crippen LogP contribution in [0.15, 0.2) is 118 Å². The molecular formula is C32H18O2. The van der Waals surface area contributed by atoms with Gasteiger partial charge in [-0.15, -0.1) is 0 Å². The third-order valence-corrected chi connectivity index (χ3v) is 7.04. The molecule has 0 fully saturated rings. The van der Waals surface area contributed by atoms with Crippen molar-refractivity contribution in [3.63, 3.8) is 0 Å². The third-order valence-electron chi connectivity index (χ3n) is 7.04. The summed E-state index contributed by atoms with van der Waals surface area (Å²) < 4.78 is 12.5. The van der Waals surface area contributed by atoms with Crippen molar-refractivity contribution >= 4 is 65.4 Å². The van der Waals surface area contributed by atoms with E-state index in [1.54, 1.807) is 0 Å². The molecule has 34 heavy (non-hydrogen) atoms. The van der Waals surface area contributed by atoms with E-state index in [-0.39, 0.29) is 0 Å². The highest BCUT2D eigenvalue weighted by molar-refractivity contribution is 6.22. The maximum atomic E-state index is 6.44. The van der Waals surface area contributed by atoms with Gasteiger partial charge >= 0.3 is 0 Å². The smallest absolute Gasteiger partial charge is 0.147 e. The van der Waals surface area contributed by atoms with Crippen LogP contribution in [0.2, 0.25) is 0 Å². The Bertz CT molecular complexity index is 2020. The molecular weight excluding hydrogens is 416 g/mol. The van der Waals surface area contributed by atoms with Gasteiger partial charge in [-0.3, -0.25) is 0 Å². The Morgan fingerprint density at radius 3 is 1.85 bits per heavy atom. The zero-order chi connectivity index (χ0) is 22.2. The Morgan fingerprint density at radius 1 is 0.412 bits per heavy atom. The molecule has 0 aliphatic heterocycles. The first-order chi connectivity index (χ1) is 16.8. The first kappa shape index (κ1) is 17.9. The zero-order valence-corrected chi connectivity index (χ0v) is 18.2. The van der Waals surface area contributed by atoms with Gasteiger partial charge in [0.05, 0.1) is 5.39 Å². The van der Waals surface area contributed by atoms with Crippen LogP contribution in [0.1, 0.15) is 0 Å². The minimum atomic E-state index is 0.855. The first-order valence-corrected chi connectivity index (χ1v) is 11.5. The number of furan rings is 2. The minimum Gasteiger partial charge on any atom is -0.456 e. The van der Waals surface area contributed by atoms with Crippen molar-refractivity contribution in [2.24, 2.45) is 0 Å². The monoisotopic (exact) mass is 434 g/mol. The molecule has 0 spiro atoms. The fourth-order valence-electron chi connectivity index (χ4n) is 5.52. The summed E-state index contributed by atoms with van der Waals surface area (Å²) in [5.74, 6) is 0. The highest BCUT2D eigenvalue weighted by Crippen LogP contribution is 2.42. The molecule has 2 heteroatoms. The molecule has 158 valence electrons. The predicted molar refractivity (Wildman–Crippen MR) is 141 cm³/mol. The summed E-state index contributed by atoms with van der Waals surface area (Å²) in [6.07, 6.45) is 0. The van der Waals surface area contributed by atoms with Crippen LogP contribution in [0.4, 0.5) is 0 Å². The van der Waals surface area contributed by atoms with E-state index < -0.39 is 0 Å². The summed E-state index contributed by atoms with van der Waals surface area (Å²) in [6, 6.07) is 38.5. The van der Waals surface area contributed by atoms with E-state index in [1.165, 1.54) is 32.7 Å². The van der Waals surface area contributed by atoms with Gasteiger partial charge in [0.1, 0.15) is 22.3 Å². The predicted octanol–water partition coefficient (Wildman–Crippen LogP) is 9.46. The van der Waals surface area contributed by atoms with Gasteiger partial charge in [0.2, 0.25) is 0 Å². The average molecular weight is 434 g/mol. The van der Waals surface area contributed by atoms with Crippen molar-refractivity contribution in [3.8, 4) is 11.1 Å². The van der Waals surface area contributed by atoms with E-state index in [1.807, 2.05) is 18.2 Å². The van der Waals surface area contributed by atoms with E-state index in [4.69, 9.17) is 8.83 Å². The normalized spacial score (nSPS) is 12.1. The third kappa shape index (κ3) is 2.35. The molecule has 0 saturated heterocycles. The van der Waals surface area contributed by atoms with Crippen LogP contribution in [-0.4, -0.2) is 0 Å². The van der Waals surface area contributed by atoms with Crippen LogP contribution >= 0.6 is 0 Å². The summed E-state index contributed by atoms with van der Waals surface area (Å²) in [5.41, 5.74) is 5.97. The highest BCUT2D eigenvalue weighted by atomic mass is 16.3. The van der Waals surface area contributed by atoms with Crippen molar-refractivity contribution in [1.29, 1.82) is 0 Å². The van der Waals surface area contributed by atoms with Crippen LogP contribution in [0, 0.1) is 0 Å². The lowest BCUT2D eigenvalue weighted by molar-refractivity contribution is 0.663. The van der Waals surface area contributed by atoms with Gasteiger partial charge < -0.3 is 8.83 Å². The summed E-state index contributed by atoms with van der Waals surface area (Å²) in [5, 5.41) is 9.38. The quantitative estimate of drug-likeness (QED) is 0.240. The molecule has 2 nitrogen and oxygen atoms in total. The number of benzene rings is 6. The maximum absolute atomic E-state index is 6.44. The van der Waals surface area contributed by atoms with Gasteiger partial charge in [0.25, 0.3) is 0 Å². The molecule has 8 aromatic rings. The standard InChI is InChI=1S/C32H18O2/c1-3-9-22-19(7-1)17-20-8-2-4-10-23(20)30(22)21-13-15-28-26(18-21)24-14-16-29-31(32(24)34-28)25-11-5-6-12-27(25)33-29/h1-18H. The van der Waals surface area contributed by atoms with Gasteiger partial charge in [-0.1, -0.05) is 72.8 Å². The van der Waals surface area contributed by atoms with Crippen LogP contribution < -0.4 is 0 Å². The molecule has 0 atom stereocenters. The lowest BCUT2D eigenvalue weighted by Crippen LogP contribution is -1.85. The number of hydrogen-bond acceptors (Lipinski definition) is 2. The lowest BCUT2D eigenvalue weighted by atomic mass is 9.91. The number of para-hydroxylation sites is 1. The molecule has 0 N–H and O–H groups in total. The van der Waals surface area contributed by atoms with E-state index in [9.17, 15) is 0 Å². The Balaban J connectivity index is 1.49. The van der Waals surface area contributed by atoms with Gasteiger partial charge in [-0.2, -0.15) is 0 Å². The first-order valence-electron chi connectivity index (χ1n) is 11.5. The van der Waals surface area contributed by atoms with E-state index in [0.29, 0.717) is 0 Å². The maximum Gasteiger partial charge on any atom is 0.147 e. The summed E-state index contributed by atoms with van der Waals surface area (Å²) in [7, 11) is 0. The lowest BCUT2D eigenvalue weighted by Gasteiger charge is -2.12. The number of rotatable bonds is 1. The summed E-state index contributed by atoms with van der Waals surface area (Å²) in [6.45, 7) is 0. The van der Waals surface area contributed by atoms with Crippen LogP contribution in [0.5, 0.6) is 0 Å². The zero-order valence-electron chi connectivity index (χ0n) is 18.2. The van der Waals surface area contributed by atoms with Gasteiger partial charge in [0, 0.05) is 16.2 Å². The SMILES string of the molecule is c1ccc2c(-c3ccc4oc5c(ccc6oc7ccccc7c65)c4c3)c3ccccc3cc2c1. The number of hydrogen-bond donors (Lipinski definition) is 0. The molecule has 0 bridgehead atoms. The van der Waals surface area contributed by atoms with Crippen LogP contribution in [-0.2, 0) is 0 Å². The second kappa shape index (κ2) is 6.49. The van der Waals surface area contributed by atoms with Crippen molar-refractivity contribution in [3.05, 3.63) is 109 Å². The average Bonchev–Trinajstić information content (AvgIpc) is 3.45. The fraction of sp³-hybridized carbons (Fsp3) is 0.